The minimum Gasteiger partial charge on any atom is -0.369 e. The molecular formula is C31H25BrF2N4O3. The van der Waals surface area contributed by atoms with Crippen LogP contribution < -0.4 is 21.1 Å². The molecule has 1 aromatic heterocycles. The summed E-state index contributed by atoms with van der Waals surface area (Å²) in [5.41, 5.74) is 2.96. The molecule has 208 valence electrons. The summed E-state index contributed by atoms with van der Waals surface area (Å²) in [4.78, 5) is 41.1. The van der Waals surface area contributed by atoms with E-state index < -0.39 is 17.5 Å². The number of amides is 2. The van der Waals surface area contributed by atoms with Crippen LogP contribution in [-0.4, -0.2) is 29.5 Å². The second-order valence-corrected chi connectivity index (χ2v) is 11.2. The number of hydrogen-bond donors (Lipinski definition) is 2. The molecule has 41 heavy (non-hydrogen) atoms. The molecule has 2 N–H and O–H groups in total. The Labute approximate surface area is 242 Å². The number of halogens is 3. The van der Waals surface area contributed by atoms with Gasteiger partial charge in [-0.2, -0.15) is 0 Å². The lowest BCUT2D eigenvalue weighted by Crippen LogP contribution is -2.47. The number of nitrogens with zero attached hydrogens (tertiary/aromatic N) is 2. The van der Waals surface area contributed by atoms with E-state index in [1.165, 1.54) is 6.07 Å². The van der Waals surface area contributed by atoms with Gasteiger partial charge in [-0.25, -0.2) is 8.78 Å². The van der Waals surface area contributed by atoms with Gasteiger partial charge in [0, 0.05) is 59.1 Å². The topological polar surface area (TPSA) is 83.4 Å². The Balaban J connectivity index is 1.33. The average molecular weight is 619 g/mol. The molecule has 0 spiro atoms. The van der Waals surface area contributed by atoms with Crippen molar-refractivity contribution in [2.24, 2.45) is 5.92 Å². The van der Waals surface area contributed by atoms with Gasteiger partial charge in [-0.05, 0) is 76.8 Å². The molecule has 7 nitrogen and oxygen atoms in total. The maximum Gasteiger partial charge on any atom is 0.256 e. The number of hydrogen-bond acceptors (Lipinski definition) is 4. The molecule has 2 atom stereocenters. The number of carbonyl (C=O) groups excluding carboxylic acids is 2. The summed E-state index contributed by atoms with van der Waals surface area (Å²) in [6, 6.07) is 20.5. The van der Waals surface area contributed by atoms with Crippen molar-refractivity contribution in [2.45, 2.75) is 18.9 Å². The lowest BCUT2D eigenvalue weighted by Gasteiger charge is -2.44. The monoisotopic (exact) mass is 618 g/mol. The van der Waals surface area contributed by atoms with Crippen LogP contribution in [-0.2, 0) is 6.54 Å². The van der Waals surface area contributed by atoms with Crippen molar-refractivity contribution in [1.82, 2.24) is 4.57 Å². The first-order valence-corrected chi connectivity index (χ1v) is 14.0. The third kappa shape index (κ3) is 5.39. The number of rotatable bonds is 5. The van der Waals surface area contributed by atoms with Crippen molar-refractivity contribution in [1.29, 1.82) is 0 Å². The van der Waals surface area contributed by atoms with Gasteiger partial charge in [0.1, 0.15) is 0 Å². The van der Waals surface area contributed by atoms with Crippen LogP contribution in [0.15, 0.2) is 88.1 Å². The predicted molar refractivity (Wildman–Crippen MR) is 157 cm³/mol. The summed E-state index contributed by atoms with van der Waals surface area (Å²) in [6.45, 7) is 1.93. The fraction of sp³-hybridized carbons (Fsp3) is 0.194. The molecule has 3 aromatic carbocycles. The van der Waals surface area contributed by atoms with Crippen LogP contribution in [0.2, 0.25) is 0 Å². The van der Waals surface area contributed by atoms with Crippen molar-refractivity contribution in [3.63, 3.8) is 0 Å². The van der Waals surface area contributed by atoms with Gasteiger partial charge in [0.25, 0.3) is 17.4 Å². The molecule has 0 aliphatic carbocycles. The molecule has 10 heteroatoms. The van der Waals surface area contributed by atoms with Crippen LogP contribution in [0.3, 0.4) is 0 Å². The van der Waals surface area contributed by atoms with Crippen molar-refractivity contribution >= 4 is 44.8 Å². The minimum atomic E-state index is -1.07. The zero-order chi connectivity index (χ0) is 28.7. The first kappa shape index (κ1) is 26.9. The molecule has 3 heterocycles. The second-order valence-electron chi connectivity index (χ2n) is 10.4. The van der Waals surface area contributed by atoms with Gasteiger partial charge in [-0.15, -0.1) is 0 Å². The number of aromatic nitrogens is 1. The van der Waals surface area contributed by atoms with E-state index in [0.717, 1.165) is 29.9 Å². The minimum absolute atomic E-state index is 0.00319. The van der Waals surface area contributed by atoms with Gasteiger partial charge in [0.15, 0.2) is 11.6 Å². The fourth-order valence-corrected chi connectivity index (χ4v) is 6.22. The maximum atomic E-state index is 13.7. The van der Waals surface area contributed by atoms with Crippen molar-refractivity contribution in [3.05, 3.63) is 122 Å². The van der Waals surface area contributed by atoms with Crippen LogP contribution in [0, 0.1) is 17.6 Å². The molecule has 0 saturated carbocycles. The summed E-state index contributed by atoms with van der Waals surface area (Å²) < 4.78 is 29.5. The Bertz CT molecular complexity index is 1740. The van der Waals surface area contributed by atoms with Crippen molar-refractivity contribution < 1.29 is 18.4 Å². The summed E-state index contributed by atoms with van der Waals surface area (Å²) in [5, 5.41) is 5.56. The largest absolute Gasteiger partial charge is 0.369 e. The smallest absolute Gasteiger partial charge is 0.256 e. The average Bonchev–Trinajstić information content (AvgIpc) is 2.95. The number of benzene rings is 3. The SMILES string of the molecule is O=C(Nc1ccc(F)c(F)c1)c1ccc(N2CC3CC(C2)c2cccc(=O)n2C3)c(NC(=O)c2ccccc2Br)c1. The number of fused-ring (bicyclic) bond motifs is 4. The highest BCUT2D eigenvalue weighted by Crippen LogP contribution is 2.39. The molecule has 2 aliphatic heterocycles. The molecule has 2 amide bonds. The molecule has 4 aromatic rings. The van der Waals surface area contributed by atoms with Gasteiger partial charge >= 0.3 is 0 Å². The summed E-state index contributed by atoms with van der Waals surface area (Å²) >= 11 is 3.42. The maximum absolute atomic E-state index is 13.7. The third-order valence-corrected chi connectivity index (χ3v) is 8.31. The van der Waals surface area contributed by atoms with Crippen LogP contribution >= 0.6 is 15.9 Å². The zero-order valence-corrected chi connectivity index (χ0v) is 23.3. The van der Waals surface area contributed by atoms with E-state index in [1.807, 2.05) is 16.7 Å². The Morgan fingerprint density at radius 2 is 1.66 bits per heavy atom. The zero-order valence-electron chi connectivity index (χ0n) is 21.7. The van der Waals surface area contributed by atoms with E-state index in [9.17, 15) is 23.2 Å². The van der Waals surface area contributed by atoms with Crippen LogP contribution in [0.25, 0.3) is 0 Å². The van der Waals surface area contributed by atoms with Crippen LogP contribution in [0.4, 0.5) is 25.8 Å². The first-order chi connectivity index (χ1) is 19.8. The highest BCUT2D eigenvalue weighted by molar-refractivity contribution is 9.10. The molecule has 1 fully saturated rings. The highest BCUT2D eigenvalue weighted by Gasteiger charge is 2.35. The lowest BCUT2D eigenvalue weighted by atomic mass is 9.83. The summed E-state index contributed by atoms with van der Waals surface area (Å²) in [6.07, 6.45) is 0.966. The normalized spacial score (nSPS) is 17.5. The van der Waals surface area contributed by atoms with E-state index in [2.05, 4.69) is 31.5 Å². The van der Waals surface area contributed by atoms with Gasteiger partial charge < -0.3 is 20.1 Å². The molecular weight excluding hydrogens is 594 g/mol. The number of anilines is 3. The molecule has 2 aliphatic rings. The van der Waals surface area contributed by atoms with Crippen LogP contribution in [0.1, 0.15) is 38.7 Å². The Kier molecular flexibility index (Phi) is 7.17. The fourth-order valence-electron chi connectivity index (χ4n) is 5.76. The Morgan fingerprint density at radius 3 is 2.46 bits per heavy atom. The van der Waals surface area contributed by atoms with Gasteiger partial charge in [0.05, 0.1) is 16.9 Å². The van der Waals surface area contributed by atoms with E-state index in [0.29, 0.717) is 35.4 Å². The van der Waals surface area contributed by atoms with E-state index in [-0.39, 0.29) is 34.6 Å². The molecule has 6 rings (SSSR count). The Morgan fingerprint density at radius 1 is 0.829 bits per heavy atom. The van der Waals surface area contributed by atoms with E-state index in [4.69, 9.17) is 0 Å². The van der Waals surface area contributed by atoms with Gasteiger partial charge in [-0.1, -0.05) is 18.2 Å². The van der Waals surface area contributed by atoms with Gasteiger partial charge in [0.2, 0.25) is 0 Å². The molecule has 2 unspecified atom stereocenters. The molecule has 1 saturated heterocycles. The van der Waals surface area contributed by atoms with E-state index in [1.54, 1.807) is 48.5 Å². The van der Waals surface area contributed by atoms with E-state index >= 15 is 0 Å². The molecule has 2 bridgehead atoms. The highest BCUT2D eigenvalue weighted by atomic mass is 79.9. The summed E-state index contributed by atoms with van der Waals surface area (Å²) in [7, 11) is 0. The quantitative estimate of drug-likeness (QED) is 0.287. The number of piperidine rings is 1. The molecule has 0 radical (unpaired) electrons. The van der Waals surface area contributed by atoms with Gasteiger partial charge in [-0.3, -0.25) is 14.4 Å². The Hall–Kier alpha value is -4.31. The first-order valence-electron chi connectivity index (χ1n) is 13.2. The van der Waals surface area contributed by atoms with Crippen molar-refractivity contribution in [2.75, 3.05) is 28.6 Å². The number of pyridine rings is 1. The number of nitrogens with one attached hydrogen (secondary N) is 2. The standard InChI is InChI=1S/C31H25BrF2N4O3/c32-23-5-2-1-4-22(23)31(41)36-26-13-19(30(40)35-21-9-10-24(33)25(34)14-21)8-11-28(26)37-15-18-12-20(17-37)27-6-3-7-29(39)38(27)16-18/h1-11,13-14,18,20H,12,15-17H2,(H,35,40)(H,36,41). The third-order valence-electron chi connectivity index (χ3n) is 7.62. The lowest BCUT2D eigenvalue weighted by molar-refractivity contribution is 0.101. The van der Waals surface area contributed by atoms with Crippen molar-refractivity contribution in [3.8, 4) is 0 Å². The number of carbonyl (C=O) groups is 2. The predicted octanol–water partition coefficient (Wildman–Crippen LogP) is 6.02. The second kappa shape index (κ2) is 10.9. The van der Waals surface area contributed by atoms with Crippen LogP contribution in [0.5, 0.6) is 0 Å². The summed E-state index contributed by atoms with van der Waals surface area (Å²) in [5.74, 6) is -2.60.